The summed E-state index contributed by atoms with van der Waals surface area (Å²) in [7, 11) is 0. The van der Waals surface area contributed by atoms with Crippen LogP contribution in [0.25, 0.3) is 0 Å². The molecule has 1 aliphatic rings. The number of nitrogens with one attached hydrogen (secondary N) is 1. The van der Waals surface area contributed by atoms with Crippen molar-refractivity contribution < 1.29 is 4.79 Å². The predicted octanol–water partition coefficient (Wildman–Crippen LogP) is 3.41. The van der Waals surface area contributed by atoms with E-state index < -0.39 is 0 Å². The van der Waals surface area contributed by atoms with Crippen LogP contribution in [-0.4, -0.2) is 16.9 Å². The molecule has 1 N–H and O–H groups in total. The van der Waals surface area contributed by atoms with Crippen molar-refractivity contribution >= 4 is 17.5 Å². The zero-order valence-electron chi connectivity index (χ0n) is 11.7. The van der Waals surface area contributed by atoms with E-state index in [1.54, 1.807) is 12.1 Å². The van der Waals surface area contributed by atoms with Crippen LogP contribution in [0.2, 0.25) is 5.15 Å². The number of carbonyl (C=O) groups excluding carboxylic acids is 1. The van der Waals surface area contributed by atoms with Crippen molar-refractivity contribution in [1.82, 2.24) is 10.3 Å². The van der Waals surface area contributed by atoms with Crippen LogP contribution in [0, 0.1) is 0 Å². The summed E-state index contributed by atoms with van der Waals surface area (Å²) < 4.78 is 0. The molecule has 1 unspecified atom stereocenters. The number of hydrogen-bond acceptors (Lipinski definition) is 2. The van der Waals surface area contributed by atoms with Gasteiger partial charge in [0.2, 0.25) is 0 Å². The van der Waals surface area contributed by atoms with Crippen LogP contribution >= 0.6 is 11.6 Å². The van der Waals surface area contributed by atoms with Gasteiger partial charge in [0.15, 0.2) is 0 Å². The van der Waals surface area contributed by atoms with E-state index in [0.717, 1.165) is 25.7 Å². The summed E-state index contributed by atoms with van der Waals surface area (Å²) in [6, 6.07) is 12.0. The quantitative estimate of drug-likeness (QED) is 0.682. The van der Waals surface area contributed by atoms with Gasteiger partial charge in [-0.3, -0.25) is 4.79 Å². The van der Waals surface area contributed by atoms with Crippen LogP contribution in [0.3, 0.4) is 0 Å². The van der Waals surface area contributed by atoms with Crippen molar-refractivity contribution in [2.24, 2.45) is 0 Å². The second-order valence-electron chi connectivity index (χ2n) is 5.41. The van der Waals surface area contributed by atoms with Crippen molar-refractivity contribution in [2.45, 2.75) is 31.7 Å². The Hall–Kier alpha value is -1.87. The van der Waals surface area contributed by atoms with Gasteiger partial charge >= 0.3 is 0 Å². The number of hydrogen-bond donors (Lipinski definition) is 1. The molecule has 1 aromatic heterocycles. The number of halogens is 1. The molecule has 2 aromatic rings. The Balaban J connectivity index is 1.70. The van der Waals surface area contributed by atoms with Crippen molar-refractivity contribution in [3.8, 4) is 0 Å². The van der Waals surface area contributed by atoms with Gasteiger partial charge in [0.25, 0.3) is 5.91 Å². The normalized spacial score (nSPS) is 17.7. The highest BCUT2D eigenvalue weighted by molar-refractivity contribution is 6.29. The highest BCUT2D eigenvalue weighted by Gasteiger charge is 2.18. The smallest absolute Gasteiger partial charge is 0.253 e. The molecule has 1 heterocycles. The molecule has 3 nitrogen and oxygen atoms in total. The zero-order valence-corrected chi connectivity index (χ0v) is 12.4. The van der Waals surface area contributed by atoms with E-state index in [1.165, 1.54) is 17.3 Å². The molecule has 1 aromatic carbocycles. The summed E-state index contributed by atoms with van der Waals surface area (Å²) in [5, 5.41) is 3.51. The molecule has 0 radical (unpaired) electrons. The molecular formula is C17H17ClN2O. The molecule has 108 valence electrons. The second kappa shape index (κ2) is 6.27. The first kappa shape index (κ1) is 14.1. The first-order chi connectivity index (χ1) is 10.2. The molecule has 0 spiro atoms. The molecular weight excluding hydrogens is 284 g/mol. The number of aromatic nitrogens is 1. The second-order valence-corrected chi connectivity index (χ2v) is 5.79. The third-order valence-corrected chi connectivity index (χ3v) is 4.13. The van der Waals surface area contributed by atoms with E-state index in [9.17, 15) is 4.79 Å². The maximum Gasteiger partial charge on any atom is 0.253 e. The third kappa shape index (κ3) is 3.42. The number of pyridine rings is 1. The lowest BCUT2D eigenvalue weighted by molar-refractivity contribution is 0.0934. The SMILES string of the molecule is O=C(NC1CCCc2ccccc2C1)c1ccc(Cl)nc1. The Kier molecular flexibility index (Phi) is 4.20. The topological polar surface area (TPSA) is 42.0 Å². The van der Waals surface area contributed by atoms with Crippen molar-refractivity contribution in [2.75, 3.05) is 0 Å². The highest BCUT2D eigenvalue weighted by atomic mass is 35.5. The fraction of sp³-hybridized carbons (Fsp3) is 0.294. The number of rotatable bonds is 2. The fourth-order valence-electron chi connectivity index (χ4n) is 2.81. The molecule has 0 saturated heterocycles. The number of nitrogens with zero attached hydrogens (tertiary/aromatic N) is 1. The van der Waals surface area contributed by atoms with E-state index in [0.29, 0.717) is 10.7 Å². The van der Waals surface area contributed by atoms with Crippen LogP contribution in [0.15, 0.2) is 42.6 Å². The molecule has 1 amide bonds. The Bertz CT molecular complexity index is 639. The van der Waals surface area contributed by atoms with Gasteiger partial charge in [0.05, 0.1) is 5.56 Å². The van der Waals surface area contributed by atoms with E-state index in [-0.39, 0.29) is 11.9 Å². The average molecular weight is 301 g/mol. The van der Waals surface area contributed by atoms with E-state index in [2.05, 4.69) is 34.6 Å². The van der Waals surface area contributed by atoms with Gasteiger partial charge < -0.3 is 5.32 Å². The van der Waals surface area contributed by atoms with Gasteiger partial charge in [-0.05, 0) is 48.9 Å². The Morgan fingerprint density at radius 3 is 2.76 bits per heavy atom. The van der Waals surface area contributed by atoms with Gasteiger partial charge in [0.1, 0.15) is 5.15 Å². The molecule has 21 heavy (non-hydrogen) atoms. The summed E-state index contributed by atoms with van der Waals surface area (Å²) >= 11 is 5.74. The van der Waals surface area contributed by atoms with Crippen LogP contribution in [0.1, 0.15) is 34.3 Å². The predicted molar refractivity (Wildman–Crippen MR) is 83.6 cm³/mol. The average Bonchev–Trinajstić information content (AvgIpc) is 2.69. The standard InChI is InChI=1S/C17H17ClN2O/c18-16-9-8-14(11-19-16)17(21)20-15-7-3-6-12-4-1-2-5-13(12)10-15/h1-2,4-5,8-9,11,15H,3,6-7,10H2,(H,20,21). The van der Waals surface area contributed by atoms with Crippen LogP contribution in [0.5, 0.6) is 0 Å². The lowest BCUT2D eigenvalue weighted by atomic mass is 10.0. The largest absolute Gasteiger partial charge is 0.349 e. The fourth-order valence-corrected chi connectivity index (χ4v) is 2.92. The zero-order chi connectivity index (χ0) is 14.7. The maximum atomic E-state index is 12.3. The summed E-state index contributed by atoms with van der Waals surface area (Å²) in [4.78, 5) is 16.2. The summed E-state index contributed by atoms with van der Waals surface area (Å²) in [5.41, 5.74) is 3.30. The van der Waals surface area contributed by atoms with E-state index in [4.69, 9.17) is 11.6 Å². The third-order valence-electron chi connectivity index (χ3n) is 3.91. The summed E-state index contributed by atoms with van der Waals surface area (Å²) in [5.74, 6) is -0.0800. The minimum atomic E-state index is -0.0800. The van der Waals surface area contributed by atoms with Gasteiger partial charge in [-0.15, -0.1) is 0 Å². The Morgan fingerprint density at radius 2 is 2.00 bits per heavy atom. The van der Waals surface area contributed by atoms with Gasteiger partial charge in [-0.2, -0.15) is 0 Å². The minimum Gasteiger partial charge on any atom is -0.349 e. The summed E-state index contributed by atoms with van der Waals surface area (Å²) in [6.07, 6.45) is 5.60. The number of benzene rings is 1. The number of aryl methyl sites for hydroxylation is 1. The van der Waals surface area contributed by atoms with Gasteiger partial charge in [-0.25, -0.2) is 4.98 Å². The number of fused-ring (bicyclic) bond motifs is 1. The number of amides is 1. The summed E-state index contributed by atoms with van der Waals surface area (Å²) in [6.45, 7) is 0. The maximum absolute atomic E-state index is 12.3. The van der Waals surface area contributed by atoms with Crippen molar-refractivity contribution in [3.05, 3.63) is 64.4 Å². The van der Waals surface area contributed by atoms with Crippen molar-refractivity contribution in [1.29, 1.82) is 0 Å². The highest BCUT2D eigenvalue weighted by Crippen LogP contribution is 2.20. The molecule has 0 saturated carbocycles. The Morgan fingerprint density at radius 1 is 1.19 bits per heavy atom. The molecule has 0 aliphatic heterocycles. The molecule has 0 bridgehead atoms. The van der Waals surface area contributed by atoms with Gasteiger partial charge in [0, 0.05) is 12.2 Å². The number of carbonyl (C=O) groups is 1. The molecule has 1 aliphatic carbocycles. The Labute approximate surface area is 129 Å². The lowest BCUT2D eigenvalue weighted by Gasteiger charge is -2.17. The van der Waals surface area contributed by atoms with Gasteiger partial charge in [-0.1, -0.05) is 35.9 Å². The molecule has 1 atom stereocenters. The first-order valence-corrected chi connectivity index (χ1v) is 7.59. The monoisotopic (exact) mass is 300 g/mol. The van der Waals surface area contributed by atoms with Crippen LogP contribution in [-0.2, 0) is 12.8 Å². The molecule has 0 fully saturated rings. The van der Waals surface area contributed by atoms with Crippen molar-refractivity contribution in [3.63, 3.8) is 0 Å². The van der Waals surface area contributed by atoms with Crippen LogP contribution in [0.4, 0.5) is 0 Å². The van der Waals surface area contributed by atoms with E-state index in [1.807, 2.05) is 0 Å². The minimum absolute atomic E-state index is 0.0800. The lowest BCUT2D eigenvalue weighted by Crippen LogP contribution is -2.36. The first-order valence-electron chi connectivity index (χ1n) is 7.21. The van der Waals surface area contributed by atoms with E-state index >= 15 is 0 Å². The van der Waals surface area contributed by atoms with Crippen LogP contribution < -0.4 is 5.32 Å². The molecule has 4 heteroatoms. The molecule has 3 rings (SSSR count).